The lowest BCUT2D eigenvalue weighted by Crippen LogP contribution is -2.36. The molecule has 1 saturated heterocycles. The quantitative estimate of drug-likeness (QED) is 0.843. The van der Waals surface area contributed by atoms with Crippen molar-refractivity contribution in [3.8, 4) is 0 Å². The summed E-state index contributed by atoms with van der Waals surface area (Å²) in [5.74, 6) is 1.42. The van der Waals surface area contributed by atoms with Crippen molar-refractivity contribution in [1.29, 1.82) is 0 Å². The minimum absolute atomic E-state index is 0.329. The number of halogens is 1. The van der Waals surface area contributed by atoms with Gasteiger partial charge in [0, 0.05) is 13.6 Å². The van der Waals surface area contributed by atoms with Crippen molar-refractivity contribution in [3.63, 3.8) is 0 Å². The van der Waals surface area contributed by atoms with Gasteiger partial charge in [0.25, 0.3) is 0 Å². The maximum absolute atomic E-state index is 5.91. The van der Waals surface area contributed by atoms with Gasteiger partial charge in [-0.05, 0) is 38.9 Å². The molecule has 2 rings (SSSR count). The maximum Gasteiger partial charge on any atom is 0.157 e. The second kappa shape index (κ2) is 5.71. The molecule has 1 aromatic rings. The molecule has 0 unspecified atom stereocenters. The zero-order valence-corrected chi connectivity index (χ0v) is 11.7. The van der Waals surface area contributed by atoms with Crippen molar-refractivity contribution in [2.75, 3.05) is 44.4 Å². The molecule has 1 aliphatic heterocycles. The predicted octanol–water partition coefficient (Wildman–Crippen LogP) is 1.49. The monoisotopic (exact) mass is 269 g/mol. The van der Waals surface area contributed by atoms with Crippen LogP contribution in [0.15, 0.2) is 6.33 Å². The number of nitrogen functional groups attached to an aromatic ring is 1. The molecule has 5 nitrogen and oxygen atoms in total. The number of hydrogen-bond donors (Lipinski definition) is 1. The lowest BCUT2D eigenvalue weighted by atomic mass is 9.97. The van der Waals surface area contributed by atoms with Gasteiger partial charge in [0.05, 0.1) is 0 Å². The van der Waals surface area contributed by atoms with Crippen molar-refractivity contribution < 1.29 is 0 Å². The van der Waals surface area contributed by atoms with E-state index >= 15 is 0 Å². The third-order valence-corrected chi connectivity index (χ3v) is 3.85. The van der Waals surface area contributed by atoms with E-state index in [2.05, 4.69) is 26.8 Å². The van der Waals surface area contributed by atoms with Gasteiger partial charge in [0.2, 0.25) is 0 Å². The van der Waals surface area contributed by atoms with Gasteiger partial charge in [-0.2, -0.15) is 0 Å². The van der Waals surface area contributed by atoms with Crippen molar-refractivity contribution >= 4 is 23.1 Å². The minimum Gasteiger partial charge on any atom is -0.393 e. The molecule has 1 fully saturated rings. The highest BCUT2D eigenvalue weighted by molar-refractivity contribution is 6.32. The number of anilines is 2. The van der Waals surface area contributed by atoms with Gasteiger partial charge in [0.1, 0.15) is 12.0 Å². The van der Waals surface area contributed by atoms with Crippen LogP contribution >= 0.6 is 11.6 Å². The first-order valence-corrected chi connectivity index (χ1v) is 6.61. The SMILES string of the molecule is CN1CCC(CN(C)c2ncnc(Cl)c2N)CC1. The summed E-state index contributed by atoms with van der Waals surface area (Å²) in [6.07, 6.45) is 3.90. The average molecular weight is 270 g/mol. The predicted molar refractivity (Wildman–Crippen MR) is 74.9 cm³/mol. The summed E-state index contributed by atoms with van der Waals surface area (Å²) in [6, 6.07) is 0. The number of rotatable bonds is 3. The van der Waals surface area contributed by atoms with Crippen LogP contribution in [0.1, 0.15) is 12.8 Å². The molecular weight excluding hydrogens is 250 g/mol. The number of nitrogens with two attached hydrogens (primary N) is 1. The Morgan fingerprint density at radius 3 is 2.78 bits per heavy atom. The van der Waals surface area contributed by atoms with E-state index in [1.165, 1.54) is 32.3 Å². The van der Waals surface area contributed by atoms with E-state index in [1.807, 2.05) is 7.05 Å². The summed E-state index contributed by atoms with van der Waals surface area (Å²) in [5, 5.41) is 0.329. The molecule has 18 heavy (non-hydrogen) atoms. The molecule has 0 amide bonds. The van der Waals surface area contributed by atoms with Crippen LogP contribution in [0.3, 0.4) is 0 Å². The summed E-state index contributed by atoms with van der Waals surface area (Å²) >= 11 is 5.91. The van der Waals surface area contributed by atoms with Gasteiger partial charge in [-0.1, -0.05) is 11.6 Å². The molecule has 0 radical (unpaired) electrons. The minimum atomic E-state index is 0.329. The lowest BCUT2D eigenvalue weighted by Gasteiger charge is -2.32. The number of hydrogen-bond acceptors (Lipinski definition) is 5. The average Bonchev–Trinajstić information content (AvgIpc) is 2.35. The second-order valence-corrected chi connectivity index (χ2v) is 5.39. The highest BCUT2D eigenvalue weighted by atomic mass is 35.5. The normalized spacial score (nSPS) is 17.9. The molecule has 1 aromatic heterocycles. The summed E-state index contributed by atoms with van der Waals surface area (Å²) in [7, 11) is 4.18. The van der Waals surface area contributed by atoms with Crippen LogP contribution in [-0.2, 0) is 0 Å². The first kappa shape index (κ1) is 13.4. The smallest absolute Gasteiger partial charge is 0.157 e. The third kappa shape index (κ3) is 3.03. The van der Waals surface area contributed by atoms with Crippen molar-refractivity contribution in [3.05, 3.63) is 11.5 Å². The molecule has 0 atom stereocenters. The van der Waals surface area contributed by atoms with Crippen LogP contribution in [0.2, 0.25) is 5.15 Å². The zero-order valence-electron chi connectivity index (χ0n) is 10.9. The van der Waals surface area contributed by atoms with Gasteiger partial charge in [-0.3, -0.25) is 0 Å². The van der Waals surface area contributed by atoms with E-state index in [0.717, 1.165) is 12.4 Å². The number of nitrogens with zero attached hydrogens (tertiary/aromatic N) is 4. The van der Waals surface area contributed by atoms with Gasteiger partial charge in [-0.15, -0.1) is 0 Å². The Kier molecular flexibility index (Phi) is 4.24. The van der Waals surface area contributed by atoms with E-state index in [9.17, 15) is 0 Å². The van der Waals surface area contributed by atoms with Gasteiger partial charge in [0.15, 0.2) is 11.0 Å². The third-order valence-electron chi connectivity index (χ3n) is 3.55. The molecule has 0 bridgehead atoms. The summed E-state index contributed by atoms with van der Waals surface area (Å²) in [4.78, 5) is 12.5. The Hall–Kier alpha value is -1.07. The molecule has 1 aliphatic rings. The molecule has 2 N–H and O–H groups in total. The molecule has 100 valence electrons. The Balaban J connectivity index is 1.99. The van der Waals surface area contributed by atoms with Gasteiger partial charge in [-0.25, -0.2) is 9.97 Å². The molecule has 0 spiro atoms. The molecular formula is C12H20ClN5. The topological polar surface area (TPSA) is 58.3 Å². The number of likely N-dealkylation sites (tertiary alicyclic amines) is 1. The fourth-order valence-electron chi connectivity index (χ4n) is 2.39. The largest absolute Gasteiger partial charge is 0.393 e. The Morgan fingerprint density at radius 2 is 2.11 bits per heavy atom. The maximum atomic E-state index is 5.91. The fraction of sp³-hybridized carbons (Fsp3) is 0.667. The van der Waals surface area contributed by atoms with Crippen molar-refractivity contribution in [1.82, 2.24) is 14.9 Å². The summed E-state index contributed by atoms with van der Waals surface area (Å²) < 4.78 is 0. The van der Waals surface area contributed by atoms with Gasteiger partial charge < -0.3 is 15.5 Å². The molecule has 2 heterocycles. The standard InChI is InChI=1S/C12H20ClN5/c1-17-5-3-9(4-6-17)7-18(2)12-10(14)11(13)15-8-16-12/h8-9H,3-7,14H2,1-2H3. The second-order valence-electron chi connectivity index (χ2n) is 5.03. The van der Waals surface area contributed by atoms with E-state index in [1.54, 1.807) is 0 Å². The first-order valence-electron chi connectivity index (χ1n) is 6.23. The lowest BCUT2D eigenvalue weighted by molar-refractivity contribution is 0.222. The van der Waals surface area contributed by atoms with Gasteiger partial charge >= 0.3 is 0 Å². The summed E-state index contributed by atoms with van der Waals surface area (Å²) in [6.45, 7) is 3.29. The Labute approximate surface area is 113 Å². The van der Waals surface area contributed by atoms with Crippen LogP contribution in [0.25, 0.3) is 0 Å². The number of aromatic nitrogens is 2. The van der Waals surface area contributed by atoms with E-state index < -0.39 is 0 Å². The number of piperidine rings is 1. The molecule has 0 saturated carbocycles. The fourth-order valence-corrected chi connectivity index (χ4v) is 2.52. The molecule has 0 aromatic carbocycles. The molecule has 0 aliphatic carbocycles. The zero-order chi connectivity index (χ0) is 13.1. The van der Waals surface area contributed by atoms with E-state index in [-0.39, 0.29) is 0 Å². The van der Waals surface area contributed by atoms with Crippen LogP contribution in [-0.4, -0.2) is 48.6 Å². The van der Waals surface area contributed by atoms with Crippen molar-refractivity contribution in [2.45, 2.75) is 12.8 Å². The van der Waals surface area contributed by atoms with E-state index in [4.69, 9.17) is 17.3 Å². The highest BCUT2D eigenvalue weighted by Gasteiger charge is 2.20. The van der Waals surface area contributed by atoms with Crippen molar-refractivity contribution in [2.24, 2.45) is 5.92 Å². The highest BCUT2D eigenvalue weighted by Crippen LogP contribution is 2.26. The Morgan fingerprint density at radius 1 is 1.44 bits per heavy atom. The molecule has 6 heteroatoms. The van der Waals surface area contributed by atoms with Crippen LogP contribution in [0, 0.1) is 5.92 Å². The Bertz CT molecular complexity index is 403. The van der Waals surface area contributed by atoms with E-state index in [0.29, 0.717) is 16.8 Å². The van der Waals surface area contributed by atoms with Crippen LogP contribution in [0.5, 0.6) is 0 Å². The first-order chi connectivity index (χ1) is 8.58. The van der Waals surface area contributed by atoms with Crippen LogP contribution < -0.4 is 10.6 Å². The van der Waals surface area contributed by atoms with Crippen LogP contribution in [0.4, 0.5) is 11.5 Å². The summed E-state index contributed by atoms with van der Waals surface area (Å²) in [5.41, 5.74) is 6.37.